The van der Waals surface area contributed by atoms with E-state index in [-0.39, 0.29) is 58.6 Å². The number of nitrogens with zero attached hydrogens (tertiary/aromatic N) is 1. The molecule has 0 aromatic carbocycles. The fraction of sp³-hybridized carbons (Fsp3) is 1.00. The maximum atomic E-state index is 10.1. The maximum absolute atomic E-state index is 10.1. The van der Waals surface area contributed by atoms with Crippen LogP contribution < -0.4 is 46.5 Å². The molecule has 0 saturated heterocycles. The topological polar surface area (TPSA) is 97.9 Å². The number of quaternary nitrogens is 1. The molecule has 0 rings (SSSR count). The zero-order chi connectivity index (χ0) is 25.3. The van der Waals surface area contributed by atoms with Gasteiger partial charge < -0.3 is 31.5 Å². The molecule has 218 valence electrons. The molecule has 0 heterocycles. The number of rotatable bonds is 23. The molecule has 0 amide bonds. The van der Waals surface area contributed by atoms with Crippen LogP contribution in [-0.2, 0) is 14.6 Å². The second-order valence-corrected chi connectivity index (χ2v) is 11.7. The molecule has 9 heteroatoms. The van der Waals surface area contributed by atoms with E-state index >= 15 is 0 Å². The normalized spacial score (nSPS) is 10.9. The molecule has 0 aliphatic heterocycles. The number of hydrogen-bond acceptors (Lipinski definition) is 4. The minimum atomic E-state index is -4.48. The van der Waals surface area contributed by atoms with E-state index in [2.05, 4.69) is 39.2 Å². The summed E-state index contributed by atoms with van der Waals surface area (Å²) in [5.74, 6) is 0. The first kappa shape index (κ1) is 47.1. The van der Waals surface area contributed by atoms with Gasteiger partial charge in [-0.25, -0.2) is 8.42 Å². The van der Waals surface area contributed by atoms with Gasteiger partial charge in [-0.1, -0.05) is 123 Å². The third kappa shape index (κ3) is 51.8. The molecule has 0 spiro atoms. The molecule has 0 aliphatic rings. The van der Waals surface area contributed by atoms with E-state index in [4.69, 9.17) is 0 Å². The molecule has 0 atom stereocenters. The van der Waals surface area contributed by atoms with Crippen LogP contribution in [0.4, 0.5) is 0 Å². The molecular formula is C27H61BrNNaO5S. The van der Waals surface area contributed by atoms with Gasteiger partial charge in [0.2, 0.25) is 10.4 Å². The summed E-state index contributed by atoms with van der Waals surface area (Å²) in [6.45, 7) is 5.86. The van der Waals surface area contributed by atoms with Crippen LogP contribution in [0.25, 0.3) is 0 Å². The molecule has 0 unspecified atom stereocenters. The Kier molecular flexibility index (Phi) is 44.9. The Morgan fingerprint density at radius 2 is 0.861 bits per heavy atom. The quantitative estimate of drug-likeness (QED) is 0.0568. The van der Waals surface area contributed by atoms with E-state index in [1.54, 1.807) is 0 Å². The van der Waals surface area contributed by atoms with Gasteiger partial charge in [-0.15, -0.1) is 0 Å². The molecule has 0 bridgehead atoms. The van der Waals surface area contributed by atoms with Gasteiger partial charge in [-0.3, -0.25) is 4.18 Å². The van der Waals surface area contributed by atoms with Crippen molar-refractivity contribution in [1.29, 1.82) is 0 Å². The predicted octanol–water partition coefficient (Wildman–Crippen LogP) is 1.18. The van der Waals surface area contributed by atoms with E-state index in [9.17, 15) is 13.0 Å². The third-order valence-corrected chi connectivity index (χ3v) is 6.36. The van der Waals surface area contributed by atoms with Crippen LogP contribution in [0, 0.1) is 0 Å². The van der Waals surface area contributed by atoms with Crippen LogP contribution in [0.2, 0.25) is 0 Å². The van der Waals surface area contributed by atoms with Crippen LogP contribution in [0.3, 0.4) is 0 Å². The molecule has 0 aliphatic carbocycles. The maximum Gasteiger partial charge on any atom is 1.00 e. The van der Waals surface area contributed by atoms with Crippen molar-refractivity contribution in [2.24, 2.45) is 0 Å². The van der Waals surface area contributed by atoms with E-state index in [1.165, 1.54) is 116 Å². The molecule has 2 N–H and O–H groups in total. The van der Waals surface area contributed by atoms with Gasteiger partial charge in [0.25, 0.3) is 0 Å². The van der Waals surface area contributed by atoms with E-state index in [0.29, 0.717) is 6.42 Å². The van der Waals surface area contributed by atoms with Crippen molar-refractivity contribution in [3.63, 3.8) is 0 Å². The first-order valence-electron chi connectivity index (χ1n) is 14.0. The zero-order valence-corrected chi connectivity index (χ0v) is 29.3. The Labute approximate surface area is 259 Å². The summed E-state index contributed by atoms with van der Waals surface area (Å²) in [6.07, 6.45) is 26.1. The Hall–Kier alpha value is 1.27. The minimum absolute atomic E-state index is 0. The Balaban J connectivity index is -0.000000165. The van der Waals surface area contributed by atoms with Gasteiger partial charge in [-0.05, 0) is 19.3 Å². The van der Waals surface area contributed by atoms with E-state index in [1.807, 2.05) is 0 Å². The summed E-state index contributed by atoms with van der Waals surface area (Å²) in [5, 5.41) is 0. The largest absolute Gasteiger partial charge is 1.00 e. The van der Waals surface area contributed by atoms with Gasteiger partial charge in [0.05, 0.1) is 34.3 Å². The van der Waals surface area contributed by atoms with Gasteiger partial charge in [0, 0.05) is 0 Å². The standard InChI is InChI=1S/C15H34N.C12H26O4S.BrH.Na.H2O/c1-5-6-7-8-9-10-11-12-13-14-15-16(2,3)4;1-2-3-4-5-6-7-8-9-10-11-12-16-17(13,14)15;;;/h5-15H2,1-4H3;2-12H2,1H3,(H,13,14,15);1H;;1H2/q+1;;;+1;/p-2. The number of hydrogen-bond donors (Lipinski definition) is 0. The fourth-order valence-corrected chi connectivity index (χ4v) is 4.15. The Bertz CT molecular complexity index is 491. The summed E-state index contributed by atoms with van der Waals surface area (Å²) in [6, 6.07) is 0. The second kappa shape index (κ2) is 34.3. The number of halogens is 1. The SMILES string of the molecule is CCCCCCCCCCCCOS(=O)(=O)[O-].CCCCCCCCCCCC[N+](C)(C)C.O.[Br-].[Na+]. The fourth-order valence-electron chi connectivity index (χ4n) is 3.82. The van der Waals surface area contributed by atoms with Crippen LogP contribution >= 0.6 is 0 Å². The van der Waals surface area contributed by atoms with Crippen molar-refractivity contribution < 1.29 is 73.7 Å². The molecule has 0 radical (unpaired) electrons. The predicted molar refractivity (Wildman–Crippen MR) is 146 cm³/mol. The van der Waals surface area contributed by atoms with Gasteiger partial charge in [-0.2, -0.15) is 0 Å². The summed E-state index contributed by atoms with van der Waals surface area (Å²) in [7, 11) is 2.37. The molecule has 0 saturated carbocycles. The minimum Gasteiger partial charge on any atom is -1.00 e. The molecule has 0 aromatic heterocycles. The summed E-state index contributed by atoms with van der Waals surface area (Å²) in [5.41, 5.74) is 0. The Morgan fingerprint density at radius 3 is 1.14 bits per heavy atom. The second-order valence-electron chi connectivity index (χ2n) is 10.6. The van der Waals surface area contributed by atoms with Crippen molar-refractivity contribution in [2.75, 3.05) is 34.3 Å². The molecule has 6 nitrogen and oxygen atoms in total. The van der Waals surface area contributed by atoms with Crippen LogP contribution in [0.1, 0.15) is 142 Å². The van der Waals surface area contributed by atoms with Gasteiger partial charge >= 0.3 is 29.6 Å². The molecule has 0 fully saturated rings. The third-order valence-electron chi connectivity index (χ3n) is 5.91. The van der Waals surface area contributed by atoms with Crippen molar-refractivity contribution in [3.05, 3.63) is 0 Å². The van der Waals surface area contributed by atoms with Crippen molar-refractivity contribution in [1.82, 2.24) is 0 Å². The van der Waals surface area contributed by atoms with Crippen molar-refractivity contribution in [2.45, 2.75) is 142 Å². The van der Waals surface area contributed by atoms with E-state index in [0.717, 1.165) is 17.3 Å². The van der Waals surface area contributed by atoms with Gasteiger partial charge in [0.15, 0.2) is 0 Å². The molecular weight excluding hydrogens is 553 g/mol. The van der Waals surface area contributed by atoms with Gasteiger partial charge in [0.1, 0.15) is 0 Å². The first-order valence-corrected chi connectivity index (χ1v) is 15.4. The smallest absolute Gasteiger partial charge is 1.00 e. The van der Waals surface area contributed by atoms with Crippen LogP contribution in [0.15, 0.2) is 0 Å². The average molecular weight is 615 g/mol. The van der Waals surface area contributed by atoms with Crippen LogP contribution in [0.5, 0.6) is 0 Å². The monoisotopic (exact) mass is 613 g/mol. The Morgan fingerprint density at radius 1 is 0.583 bits per heavy atom. The average Bonchev–Trinajstić information content (AvgIpc) is 2.72. The summed E-state index contributed by atoms with van der Waals surface area (Å²) < 4.78 is 35.6. The molecule has 0 aromatic rings. The zero-order valence-electron chi connectivity index (χ0n) is 24.9. The first-order chi connectivity index (χ1) is 15.6. The van der Waals surface area contributed by atoms with Crippen molar-refractivity contribution >= 4 is 10.4 Å². The van der Waals surface area contributed by atoms with Crippen LogP contribution in [-0.4, -0.2) is 57.2 Å². The summed E-state index contributed by atoms with van der Waals surface area (Å²) >= 11 is 0. The van der Waals surface area contributed by atoms with Crippen molar-refractivity contribution in [3.8, 4) is 0 Å². The van der Waals surface area contributed by atoms with E-state index < -0.39 is 10.4 Å². The summed E-state index contributed by atoms with van der Waals surface area (Å²) in [4.78, 5) is 0. The molecule has 36 heavy (non-hydrogen) atoms. The number of unbranched alkanes of at least 4 members (excludes halogenated alkanes) is 18.